The lowest BCUT2D eigenvalue weighted by Gasteiger charge is -2.25. The lowest BCUT2D eigenvalue weighted by atomic mass is 9.94. The van der Waals surface area contributed by atoms with Crippen LogP contribution in [0.4, 0.5) is 0 Å². The summed E-state index contributed by atoms with van der Waals surface area (Å²) >= 11 is 0. The van der Waals surface area contributed by atoms with E-state index >= 15 is 0 Å². The van der Waals surface area contributed by atoms with E-state index < -0.39 is 0 Å². The molecule has 88 valence electrons. The topological polar surface area (TPSA) is 60.2 Å². The fourth-order valence-corrected chi connectivity index (χ4v) is 2.19. The molecule has 0 bridgehead atoms. The average Bonchev–Trinajstić information content (AvgIpc) is 2.69. The zero-order chi connectivity index (χ0) is 11.5. The third-order valence-electron chi connectivity index (χ3n) is 3.25. The van der Waals surface area contributed by atoms with Gasteiger partial charge in [-0.05, 0) is 30.9 Å². The van der Waals surface area contributed by atoms with E-state index in [1.165, 1.54) is 0 Å². The zero-order valence-electron chi connectivity index (χ0n) is 9.81. The first kappa shape index (κ1) is 11.5. The Morgan fingerprint density at radius 2 is 2.38 bits per heavy atom. The number of aromatic nitrogens is 1. The number of pyridine rings is 1. The Balaban J connectivity index is 2.18. The first-order chi connectivity index (χ1) is 7.72. The van der Waals surface area contributed by atoms with Crippen molar-refractivity contribution >= 4 is 0 Å². The first-order valence-electron chi connectivity index (χ1n) is 5.72. The number of nitrogens with two attached hydrogens (primary N) is 1. The number of hydrogen-bond acceptors (Lipinski definition) is 4. The highest BCUT2D eigenvalue weighted by Gasteiger charge is 2.32. The smallest absolute Gasteiger partial charge is 0.0809 e. The largest absolute Gasteiger partial charge is 0.376 e. The molecular weight excluding hydrogens is 202 g/mol. The average molecular weight is 221 g/mol. The van der Waals surface area contributed by atoms with E-state index in [0.29, 0.717) is 5.92 Å². The van der Waals surface area contributed by atoms with Gasteiger partial charge in [0.05, 0.1) is 12.1 Å². The highest BCUT2D eigenvalue weighted by Crippen LogP contribution is 2.30. The number of aryl methyl sites for hydroxylation is 1. The third kappa shape index (κ3) is 2.24. The van der Waals surface area contributed by atoms with Crippen molar-refractivity contribution in [2.75, 3.05) is 6.61 Å². The summed E-state index contributed by atoms with van der Waals surface area (Å²) in [7, 11) is 0. The van der Waals surface area contributed by atoms with Crippen molar-refractivity contribution in [1.29, 1.82) is 0 Å². The minimum atomic E-state index is 0.0330. The maximum atomic E-state index is 5.73. The lowest BCUT2D eigenvalue weighted by molar-refractivity contribution is 0.0606. The summed E-state index contributed by atoms with van der Waals surface area (Å²) < 4.78 is 5.73. The number of rotatable bonds is 3. The molecule has 16 heavy (non-hydrogen) atoms. The zero-order valence-corrected chi connectivity index (χ0v) is 9.81. The summed E-state index contributed by atoms with van der Waals surface area (Å²) in [4.78, 5) is 4.29. The van der Waals surface area contributed by atoms with Crippen molar-refractivity contribution in [1.82, 2.24) is 10.4 Å². The van der Waals surface area contributed by atoms with E-state index in [-0.39, 0.29) is 12.1 Å². The van der Waals surface area contributed by atoms with Crippen LogP contribution in [0.5, 0.6) is 0 Å². The Morgan fingerprint density at radius 3 is 2.88 bits per heavy atom. The number of hydrazine groups is 1. The number of nitrogens with zero attached hydrogens (tertiary/aromatic N) is 1. The molecule has 1 fully saturated rings. The van der Waals surface area contributed by atoms with Gasteiger partial charge in [0.1, 0.15) is 0 Å². The van der Waals surface area contributed by atoms with Crippen molar-refractivity contribution in [3.8, 4) is 0 Å². The van der Waals surface area contributed by atoms with E-state index in [0.717, 1.165) is 24.3 Å². The van der Waals surface area contributed by atoms with Crippen molar-refractivity contribution in [3.05, 3.63) is 29.6 Å². The van der Waals surface area contributed by atoms with Crippen LogP contribution in [0.25, 0.3) is 0 Å². The fourth-order valence-electron chi connectivity index (χ4n) is 2.19. The minimum Gasteiger partial charge on any atom is -0.376 e. The molecule has 3 atom stereocenters. The second kappa shape index (κ2) is 4.91. The third-order valence-corrected chi connectivity index (χ3v) is 3.25. The molecule has 0 saturated carbocycles. The molecule has 2 rings (SSSR count). The van der Waals surface area contributed by atoms with Crippen LogP contribution in [0, 0.1) is 12.8 Å². The van der Waals surface area contributed by atoms with Gasteiger partial charge in [0.25, 0.3) is 0 Å². The molecular formula is C12H19N3O. The lowest BCUT2D eigenvalue weighted by Crippen LogP contribution is -2.38. The Bertz CT molecular complexity index is 339. The summed E-state index contributed by atoms with van der Waals surface area (Å²) in [5, 5.41) is 0. The number of ether oxygens (including phenoxy) is 1. The molecule has 0 spiro atoms. The van der Waals surface area contributed by atoms with Crippen LogP contribution >= 0.6 is 0 Å². The molecule has 0 aromatic carbocycles. The molecule has 1 aliphatic rings. The summed E-state index contributed by atoms with van der Waals surface area (Å²) in [6.45, 7) is 5.00. The molecule has 0 aliphatic carbocycles. The molecule has 1 aliphatic heterocycles. The minimum absolute atomic E-state index is 0.0330. The monoisotopic (exact) mass is 221 g/mol. The molecule has 3 unspecified atom stereocenters. The second-order valence-corrected chi connectivity index (χ2v) is 4.48. The van der Waals surface area contributed by atoms with E-state index in [9.17, 15) is 0 Å². The van der Waals surface area contributed by atoms with Crippen molar-refractivity contribution in [2.24, 2.45) is 11.8 Å². The van der Waals surface area contributed by atoms with Gasteiger partial charge in [-0.3, -0.25) is 16.3 Å². The van der Waals surface area contributed by atoms with Crippen LogP contribution in [0.15, 0.2) is 18.3 Å². The number of nitrogens with one attached hydrogen (secondary N) is 1. The highest BCUT2D eigenvalue weighted by molar-refractivity contribution is 5.19. The Morgan fingerprint density at radius 1 is 1.56 bits per heavy atom. The quantitative estimate of drug-likeness (QED) is 0.597. The normalized spacial score (nSPS) is 26.9. The van der Waals surface area contributed by atoms with Crippen molar-refractivity contribution < 1.29 is 4.74 Å². The van der Waals surface area contributed by atoms with Gasteiger partial charge in [-0.15, -0.1) is 0 Å². The predicted molar refractivity (Wildman–Crippen MR) is 62.6 cm³/mol. The first-order valence-corrected chi connectivity index (χ1v) is 5.72. The van der Waals surface area contributed by atoms with Crippen molar-refractivity contribution in [3.63, 3.8) is 0 Å². The summed E-state index contributed by atoms with van der Waals surface area (Å²) in [5.74, 6) is 6.16. The van der Waals surface area contributed by atoms with Crippen LogP contribution in [0.2, 0.25) is 0 Å². The van der Waals surface area contributed by atoms with Gasteiger partial charge in [-0.25, -0.2) is 0 Å². The van der Waals surface area contributed by atoms with Gasteiger partial charge in [-0.2, -0.15) is 0 Å². The Kier molecular flexibility index (Phi) is 3.53. The van der Waals surface area contributed by atoms with Gasteiger partial charge >= 0.3 is 0 Å². The molecule has 4 nitrogen and oxygen atoms in total. The van der Waals surface area contributed by atoms with Gasteiger partial charge in [0, 0.05) is 18.5 Å². The maximum Gasteiger partial charge on any atom is 0.0809 e. The fraction of sp³-hybridized carbons (Fsp3) is 0.583. The Labute approximate surface area is 96.2 Å². The summed E-state index contributed by atoms with van der Waals surface area (Å²) in [6.07, 6.45) is 3.12. The van der Waals surface area contributed by atoms with Gasteiger partial charge in [-0.1, -0.05) is 13.0 Å². The summed E-state index contributed by atoms with van der Waals surface area (Å²) in [5.41, 5.74) is 4.95. The molecule has 1 aromatic rings. The second-order valence-electron chi connectivity index (χ2n) is 4.48. The van der Waals surface area contributed by atoms with Gasteiger partial charge in [0.2, 0.25) is 0 Å². The molecule has 4 heteroatoms. The summed E-state index contributed by atoms with van der Waals surface area (Å²) in [6, 6.07) is 4.09. The van der Waals surface area contributed by atoms with Crippen LogP contribution in [-0.2, 0) is 4.74 Å². The van der Waals surface area contributed by atoms with Gasteiger partial charge in [0.15, 0.2) is 0 Å². The van der Waals surface area contributed by atoms with E-state index in [1.807, 2.05) is 19.2 Å². The van der Waals surface area contributed by atoms with Crippen molar-refractivity contribution in [2.45, 2.75) is 32.4 Å². The van der Waals surface area contributed by atoms with Crippen LogP contribution < -0.4 is 11.3 Å². The molecule has 1 saturated heterocycles. The van der Waals surface area contributed by atoms with E-state index in [4.69, 9.17) is 10.6 Å². The SMILES string of the molecule is Cc1ccc(C(NN)C2OCCC2C)cn1. The molecule has 1 aromatic heterocycles. The molecule has 2 heterocycles. The highest BCUT2D eigenvalue weighted by atomic mass is 16.5. The van der Waals surface area contributed by atoms with Crippen LogP contribution in [0.3, 0.4) is 0 Å². The van der Waals surface area contributed by atoms with Crippen LogP contribution in [0.1, 0.15) is 30.6 Å². The van der Waals surface area contributed by atoms with E-state index in [2.05, 4.69) is 23.4 Å². The number of hydrogen-bond donors (Lipinski definition) is 2. The van der Waals surface area contributed by atoms with E-state index in [1.54, 1.807) is 0 Å². The predicted octanol–water partition coefficient (Wildman–Crippen LogP) is 1.32. The standard InChI is InChI=1S/C12H19N3O/c1-8-5-6-16-12(8)11(15-13)10-4-3-9(2)14-7-10/h3-4,7-8,11-12,15H,5-6,13H2,1-2H3. The maximum absolute atomic E-state index is 5.73. The Hall–Kier alpha value is -0.970. The molecule has 3 N–H and O–H groups in total. The molecule has 0 amide bonds. The van der Waals surface area contributed by atoms with Crippen LogP contribution in [-0.4, -0.2) is 17.7 Å². The van der Waals surface area contributed by atoms with Gasteiger partial charge < -0.3 is 4.74 Å². The molecule has 0 radical (unpaired) electrons.